The second kappa shape index (κ2) is 7.37. The maximum absolute atomic E-state index is 6.01. The van der Waals surface area contributed by atoms with Gasteiger partial charge in [-0.05, 0) is 12.1 Å². The molecule has 4 nitrogen and oxygen atoms in total. The molecule has 0 atom stereocenters. The first kappa shape index (κ1) is 14.1. The van der Waals surface area contributed by atoms with E-state index in [1.54, 1.807) is 20.3 Å². The number of para-hydroxylation sites is 1. The molecule has 0 saturated carbocycles. The number of methoxy groups -OCH3 is 2. The van der Waals surface area contributed by atoms with Gasteiger partial charge < -0.3 is 20.1 Å². The van der Waals surface area contributed by atoms with E-state index in [0.29, 0.717) is 23.9 Å². The topological polar surface area (TPSA) is 47.7 Å². The molecule has 0 aliphatic rings. The Bertz CT molecular complexity index is 339. The average Bonchev–Trinajstić information content (AvgIpc) is 2.34. The normalized spacial score (nSPS) is 10.5. The molecule has 0 unspecified atom stereocenters. The Morgan fingerprint density at radius 1 is 1.18 bits per heavy atom. The van der Waals surface area contributed by atoms with E-state index < -0.39 is 0 Å². The summed E-state index contributed by atoms with van der Waals surface area (Å²) >= 11 is 6.01. The van der Waals surface area contributed by atoms with Crippen molar-refractivity contribution in [2.24, 2.45) is 0 Å². The van der Waals surface area contributed by atoms with Gasteiger partial charge in [0.2, 0.25) is 0 Å². The van der Waals surface area contributed by atoms with Gasteiger partial charge in [0.05, 0.1) is 29.6 Å². The summed E-state index contributed by atoms with van der Waals surface area (Å²) in [6, 6.07) is 5.62. The molecule has 0 aliphatic heterocycles. The highest BCUT2D eigenvalue weighted by Crippen LogP contribution is 2.29. The van der Waals surface area contributed by atoms with Crippen LogP contribution in [0.1, 0.15) is 0 Å². The largest absolute Gasteiger partial charge is 0.396 e. The molecule has 0 spiro atoms. The maximum Gasteiger partial charge on any atom is 0.0741 e. The fraction of sp³-hybridized carbons (Fsp3) is 0.500. The molecule has 17 heavy (non-hydrogen) atoms. The summed E-state index contributed by atoms with van der Waals surface area (Å²) in [6.45, 7) is 2.78. The number of nitrogens with two attached hydrogens (primary N) is 1. The van der Waals surface area contributed by atoms with Crippen molar-refractivity contribution >= 4 is 23.0 Å². The van der Waals surface area contributed by atoms with E-state index in [2.05, 4.69) is 4.90 Å². The van der Waals surface area contributed by atoms with Crippen molar-refractivity contribution in [3.8, 4) is 0 Å². The van der Waals surface area contributed by atoms with Gasteiger partial charge in [-0.1, -0.05) is 17.7 Å². The highest BCUT2D eigenvalue weighted by molar-refractivity contribution is 6.33. The molecule has 0 saturated heterocycles. The minimum Gasteiger partial charge on any atom is -0.396 e. The van der Waals surface area contributed by atoms with E-state index in [0.717, 1.165) is 18.8 Å². The van der Waals surface area contributed by atoms with Crippen LogP contribution in [0.5, 0.6) is 0 Å². The first-order chi connectivity index (χ1) is 8.20. The standard InChI is InChI=1S/C12H19ClN2O2/c1-16-8-6-15(7-9-17-2)11-5-3-4-10(13)12(11)14/h3-5H,6-9,14H2,1-2H3. The second-order valence-electron chi connectivity index (χ2n) is 3.65. The SMILES string of the molecule is COCCN(CCOC)c1cccc(Cl)c1N. The maximum atomic E-state index is 6.01. The third kappa shape index (κ3) is 4.07. The van der Waals surface area contributed by atoms with E-state index in [1.807, 2.05) is 12.1 Å². The summed E-state index contributed by atoms with van der Waals surface area (Å²) in [5.41, 5.74) is 7.49. The van der Waals surface area contributed by atoms with E-state index in [-0.39, 0.29) is 0 Å². The zero-order chi connectivity index (χ0) is 12.7. The smallest absolute Gasteiger partial charge is 0.0741 e. The Morgan fingerprint density at radius 3 is 2.29 bits per heavy atom. The third-order valence-electron chi connectivity index (χ3n) is 2.50. The Labute approximate surface area is 107 Å². The quantitative estimate of drug-likeness (QED) is 0.761. The van der Waals surface area contributed by atoms with Gasteiger partial charge in [-0.3, -0.25) is 0 Å². The first-order valence-electron chi connectivity index (χ1n) is 5.47. The van der Waals surface area contributed by atoms with Crippen LogP contribution < -0.4 is 10.6 Å². The summed E-state index contributed by atoms with van der Waals surface area (Å²) in [5, 5.41) is 0.572. The molecule has 1 aromatic carbocycles. The molecule has 96 valence electrons. The number of benzene rings is 1. The molecule has 0 aliphatic carbocycles. The number of nitrogens with zero attached hydrogens (tertiary/aromatic N) is 1. The highest BCUT2D eigenvalue weighted by Gasteiger charge is 2.11. The van der Waals surface area contributed by atoms with Crippen LogP contribution in [0.25, 0.3) is 0 Å². The van der Waals surface area contributed by atoms with Gasteiger partial charge in [0, 0.05) is 27.3 Å². The van der Waals surface area contributed by atoms with Crippen LogP contribution in [-0.4, -0.2) is 40.5 Å². The summed E-state index contributed by atoms with van der Waals surface area (Å²) in [6.07, 6.45) is 0. The zero-order valence-corrected chi connectivity index (χ0v) is 11.0. The molecule has 0 radical (unpaired) electrons. The number of halogens is 1. The van der Waals surface area contributed by atoms with Gasteiger partial charge in [-0.15, -0.1) is 0 Å². The zero-order valence-electron chi connectivity index (χ0n) is 10.3. The Hall–Kier alpha value is -0.970. The molecule has 0 aromatic heterocycles. The van der Waals surface area contributed by atoms with E-state index >= 15 is 0 Å². The Balaban J connectivity index is 2.83. The van der Waals surface area contributed by atoms with Gasteiger partial charge >= 0.3 is 0 Å². The van der Waals surface area contributed by atoms with Gasteiger partial charge in [-0.25, -0.2) is 0 Å². The number of anilines is 2. The summed E-state index contributed by atoms with van der Waals surface area (Å²) in [5.74, 6) is 0. The van der Waals surface area contributed by atoms with E-state index in [9.17, 15) is 0 Å². The van der Waals surface area contributed by atoms with Gasteiger partial charge in [-0.2, -0.15) is 0 Å². The lowest BCUT2D eigenvalue weighted by Crippen LogP contribution is -2.31. The predicted octanol–water partition coefficient (Wildman–Crippen LogP) is 2.02. The van der Waals surface area contributed by atoms with Crippen LogP contribution in [0.3, 0.4) is 0 Å². The van der Waals surface area contributed by atoms with Gasteiger partial charge in [0.15, 0.2) is 0 Å². The first-order valence-corrected chi connectivity index (χ1v) is 5.85. The summed E-state index contributed by atoms with van der Waals surface area (Å²) in [7, 11) is 3.35. The lowest BCUT2D eigenvalue weighted by atomic mass is 10.2. The minimum absolute atomic E-state index is 0.572. The van der Waals surface area contributed by atoms with Gasteiger partial charge in [0.25, 0.3) is 0 Å². The molecule has 1 rings (SSSR count). The molecule has 0 fully saturated rings. The predicted molar refractivity (Wildman–Crippen MR) is 71.8 cm³/mol. The van der Waals surface area contributed by atoms with Crippen LogP contribution in [0.4, 0.5) is 11.4 Å². The van der Waals surface area contributed by atoms with Crippen molar-refractivity contribution in [3.63, 3.8) is 0 Å². The van der Waals surface area contributed by atoms with Crippen LogP contribution in [-0.2, 0) is 9.47 Å². The summed E-state index contributed by atoms with van der Waals surface area (Å²) < 4.78 is 10.2. The van der Waals surface area contributed by atoms with Crippen molar-refractivity contribution < 1.29 is 9.47 Å². The lowest BCUT2D eigenvalue weighted by Gasteiger charge is -2.25. The van der Waals surface area contributed by atoms with Crippen LogP contribution >= 0.6 is 11.6 Å². The van der Waals surface area contributed by atoms with Crippen molar-refractivity contribution in [3.05, 3.63) is 23.2 Å². The average molecular weight is 259 g/mol. The van der Waals surface area contributed by atoms with E-state index in [4.69, 9.17) is 26.8 Å². The molecule has 5 heteroatoms. The Kier molecular flexibility index (Phi) is 6.11. The number of hydrogen-bond donors (Lipinski definition) is 1. The van der Waals surface area contributed by atoms with Crippen molar-refractivity contribution in [2.75, 3.05) is 51.2 Å². The molecular formula is C12H19ClN2O2. The van der Waals surface area contributed by atoms with Crippen LogP contribution in [0.2, 0.25) is 5.02 Å². The van der Waals surface area contributed by atoms with Crippen molar-refractivity contribution in [1.29, 1.82) is 0 Å². The van der Waals surface area contributed by atoms with Crippen molar-refractivity contribution in [2.45, 2.75) is 0 Å². The Morgan fingerprint density at radius 2 is 1.76 bits per heavy atom. The van der Waals surface area contributed by atoms with Gasteiger partial charge in [0.1, 0.15) is 0 Å². The number of nitrogen functional groups attached to an aromatic ring is 1. The second-order valence-corrected chi connectivity index (χ2v) is 4.05. The summed E-state index contributed by atoms with van der Waals surface area (Å²) in [4.78, 5) is 2.11. The highest BCUT2D eigenvalue weighted by atomic mass is 35.5. The fourth-order valence-corrected chi connectivity index (χ4v) is 1.73. The molecule has 1 aromatic rings. The fourth-order valence-electron chi connectivity index (χ4n) is 1.56. The third-order valence-corrected chi connectivity index (χ3v) is 2.83. The monoisotopic (exact) mass is 258 g/mol. The number of rotatable bonds is 7. The minimum atomic E-state index is 0.572. The number of hydrogen-bond acceptors (Lipinski definition) is 4. The van der Waals surface area contributed by atoms with Crippen LogP contribution in [0.15, 0.2) is 18.2 Å². The van der Waals surface area contributed by atoms with E-state index in [1.165, 1.54) is 0 Å². The lowest BCUT2D eigenvalue weighted by molar-refractivity contribution is 0.190. The van der Waals surface area contributed by atoms with Crippen LogP contribution in [0, 0.1) is 0 Å². The molecular weight excluding hydrogens is 240 g/mol. The van der Waals surface area contributed by atoms with Crippen molar-refractivity contribution in [1.82, 2.24) is 0 Å². The molecule has 0 heterocycles. The number of ether oxygens (including phenoxy) is 2. The molecule has 0 bridgehead atoms. The molecule has 0 amide bonds. The molecule has 2 N–H and O–H groups in total.